The molecule has 0 bridgehead atoms. The lowest BCUT2D eigenvalue weighted by atomic mass is 10.2. The largest absolute Gasteiger partial charge is 0.344 e. The Morgan fingerprint density at radius 1 is 0.879 bits per heavy atom. The SMILES string of the molecule is O=C(NCc1ccccc1)C(=O)Nn1c(C(=O)Nc2ccc(F)cc2)cc2cc(Br)ccc21. The number of anilines is 1. The van der Waals surface area contributed by atoms with Crippen molar-refractivity contribution in [2.75, 3.05) is 10.7 Å². The van der Waals surface area contributed by atoms with Gasteiger partial charge in [-0.05, 0) is 54.1 Å². The molecule has 3 amide bonds. The molecular weight excluding hydrogens is 491 g/mol. The maximum atomic E-state index is 13.2. The number of aromatic nitrogens is 1. The van der Waals surface area contributed by atoms with Crippen molar-refractivity contribution >= 4 is 50.2 Å². The maximum Gasteiger partial charge on any atom is 0.328 e. The summed E-state index contributed by atoms with van der Waals surface area (Å²) in [6, 6.07) is 21.3. The van der Waals surface area contributed by atoms with Crippen molar-refractivity contribution in [3.8, 4) is 0 Å². The second kappa shape index (κ2) is 9.66. The average Bonchev–Trinajstić information content (AvgIpc) is 3.17. The Morgan fingerprint density at radius 3 is 2.33 bits per heavy atom. The zero-order valence-electron chi connectivity index (χ0n) is 17.1. The van der Waals surface area contributed by atoms with E-state index in [0.29, 0.717) is 16.6 Å². The fourth-order valence-electron chi connectivity index (χ4n) is 3.21. The Hall–Kier alpha value is -3.98. The minimum atomic E-state index is -0.929. The summed E-state index contributed by atoms with van der Waals surface area (Å²) >= 11 is 3.38. The van der Waals surface area contributed by atoms with E-state index >= 15 is 0 Å². The van der Waals surface area contributed by atoms with E-state index in [4.69, 9.17) is 0 Å². The molecule has 0 aliphatic carbocycles. The molecule has 0 radical (unpaired) electrons. The number of amides is 3. The number of halogens is 2. The van der Waals surface area contributed by atoms with Crippen molar-refractivity contribution in [3.05, 3.63) is 100 Å². The van der Waals surface area contributed by atoms with Gasteiger partial charge in [0.1, 0.15) is 11.5 Å². The Morgan fingerprint density at radius 2 is 1.61 bits per heavy atom. The van der Waals surface area contributed by atoms with Crippen LogP contribution in [0, 0.1) is 5.82 Å². The van der Waals surface area contributed by atoms with Gasteiger partial charge in [-0.2, -0.15) is 0 Å². The topological polar surface area (TPSA) is 92.2 Å². The van der Waals surface area contributed by atoms with Gasteiger partial charge in [-0.3, -0.25) is 19.8 Å². The van der Waals surface area contributed by atoms with Gasteiger partial charge in [0.15, 0.2) is 0 Å². The van der Waals surface area contributed by atoms with Crippen LogP contribution in [0.5, 0.6) is 0 Å². The molecule has 9 heteroatoms. The number of fused-ring (bicyclic) bond motifs is 1. The quantitative estimate of drug-likeness (QED) is 0.353. The van der Waals surface area contributed by atoms with Crippen molar-refractivity contribution in [2.45, 2.75) is 6.54 Å². The fraction of sp³-hybridized carbons (Fsp3) is 0.0417. The molecule has 0 fully saturated rings. The molecule has 4 aromatic rings. The molecule has 0 atom stereocenters. The molecule has 7 nitrogen and oxygen atoms in total. The van der Waals surface area contributed by atoms with Crippen molar-refractivity contribution in [1.29, 1.82) is 0 Å². The van der Waals surface area contributed by atoms with E-state index in [1.54, 1.807) is 24.3 Å². The predicted octanol–water partition coefficient (Wildman–Crippen LogP) is 4.18. The van der Waals surface area contributed by atoms with Gasteiger partial charge < -0.3 is 10.6 Å². The highest BCUT2D eigenvalue weighted by Gasteiger charge is 2.21. The number of carbonyl (C=O) groups excluding carboxylic acids is 3. The van der Waals surface area contributed by atoms with Gasteiger partial charge >= 0.3 is 11.8 Å². The van der Waals surface area contributed by atoms with Gasteiger partial charge in [0.05, 0.1) is 5.52 Å². The molecule has 0 spiro atoms. The molecule has 33 heavy (non-hydrogen) atoms. The monoisotopic (exact) mass is 508 g/mol. The Labute approximate surface area is 196 Å². The average molecular weight is 509 g/mol. The zero-order valence-corrected chi connectivity index (χ0v) is 18.7. The van der Waals surface area contributed by atoms with Crippen LogP contribution in [0.25, 0.3) is 10.9 Å². The van der Waals surface area contributed by atoms with Crippen LogP contribution in [0.1, 0.15) is 16.1 Å². The van der Waals surface area contributed by atoms with Crippen LogP contribution < -0.4 is 16.1 Å². The molecule has 0 aliphatic rings. The second-order valence-electron chi connectivity index (χ2n) is 7.14. The summed E-state index contributed by atoms with van der Waals surface area (Å²) in [5, 5.41) is 5.88. The van der Waals surface area contributed by atoms with Crippen molar-refractivity contribution in [2.24, 2.45) is 0 Å². The van der Waals surface area contributed by atoms with Gasteiger partial charge in [0, 0.05) is 22.1 Å². The standard InChI is InChI=1S/C24H18BrFN4O3/c25-17-6-11-20-16(12-17)13-21(22(31)28-19-9-7-18(26)8-10-19)30(20)29-24(33)23(32)27-14-15-4-2-1-3-5-15/h1-13H,14H2,(H,27,32)(H,28,31)(H,29,33). The van der Waals surface area contributed by atoms with Crippen LogP contribution in [0.4, 0.5) is 10.1 Å². The molecule has 0 saturated carbocycles. The number of nitrogens with one attached hydrogen (secondary N) is 3. The molecule has 1 aromatic heterocycles. The molecule has 4 rings (SSSR count). The molecule has 3 N–H and O–H groups in total. The van der Waals surface area contributed by atoms with Crippen molar-refractivity contribution < 1.29 is 18.8 Å². The number of rotatable bonds is 5. The normalized spacial score (nSPS) is 10.6. The Kier molecular flexibility index (Phi) is 6.50. The number of benzene rings is 3. The first-order valence-electron chi connectivity index (χ1n) is 9.92. The third-order valence-corrected chi connectivity index (χ3v) is 5.31. The van der Waals surface area contributed by atoms with Gasteiger partial charge in [0.25, 0.3) is 5.91 Å². The highest BCUT2D eigenvalue weighted by molar-refractivity contribution is 9.10. The van der Waals surface area contributed by atoms with E-state index in [2.05, 4.69) is 32.0 Å². The summed E-state index contributed by atoms with van der Waals surface area (Å²) in [6.45, 7) is 0.185. The van der Waals surface area contributed by atoms with Crippen molar-refractivity contribution in [3.63, 3.8) is 0 Å². The van der Waals surface area contributed by atoms with Crippen LogP contribution in [-0.2, 0) is 16.1 Å². The number of hydrogen-bond donors (Lipinski definition) is 3. The third kappa shape index (κ3) is 5.27. The molecule has 0 unspecified atom stereocenters. The minimum absolute atomic E-state index is 0.0941. The fourth-order valence-corrected chi connectivity index (χ4v) is 3.59. The first-order valence-corrected chi connectivity index (χ1v) is 10.7. The third-order valence-electron chi connectivity index (χ3n) is 4.81. The van der Waals surface area contributed by atoms with Crippen LogP contribution in [-0.4, -0.2) is 22.4 Å². The molecular formula is C24H18BrFN4O3. The van der Waals surface area contributed by atoms with Gasteiger partial charge in [-0.25, -0.2) is 9.07 Å². The lowest BCUT2D eigenvalue weighted by Gasteiger charge is -2.13. The van der Waals surface area contributed by atoms with Gasteiger partial charge in [0.2, 0.25) is 0 Å². The van der Waals surface area contributed by atoms with Crippen molar-refractivity contribution in [1.82, 2.24) is 9.99 Å². The minimum Gasteiger partial charge on any atom is -0.344 e. The summed E-state index contributed by atoms with van der Waals surface area (Å²) < 4.78 is 15.2. The lowest BCUT2D eigenvalue weighted by molar-refractivity contribution is -0.136. The van der Waals surface area contributed by atoms with Crippen LogP contribution in [0.2, 0.25) is 0 Å². The van der Waals surface area contributed by atoms with Gasteiger partial charge in [-0.15, -0.1) is 0 Å². The van der Waals surface area contributed by atoms with E-state index in [-0.39, 0.29) is 12.2 Å². The molecule has 166 valence electrons. The molecule has 1 heterocycles. The van der Waals surface area contributed by atoms with Crippen LogP contribution in [0.15, 0.2) is 83.3 Å². The Balaban J connectivity index is 1.57. The Bertz CT molecular complexity index is 1340. The molecule has 0 saturated heterocycles. The van der Waals surface area contributed by atoms with E-state index < -0.39 is 23.5 Å². The number of hydrogen-bond acceptors (Lipinski definition) is 3. The smallest absolute Gasteiger partial charge is 0.328 e. The van der Waals surface area contributed by atoms with Crippen LogP contribution >= 0.6 is 15.9 Å². The van der Waals surface area contributed by atoms with Gasteiger partial charge in [-0.1, -0.05) is 46.3 Å². The summed E-state index contributed by atoms with van der Waals surface area (Å²) in [7, 11) is 0. The van der Waals surface area contributed by atoms with E-state index in [1.165, 1.54) is 28.9 Å². The number of nitrogens with zero attached hydrogens (tertiary/aromatic N) is 1. The summed E-state index contributed by atoms with van der Waals surface area (Å²) in [5.41, 5.74) is 4.33. The van der Waals surface area contributed by atoms with E-state index in [1.807, 2.05) is 30.3 Å². The molecule has 3 aromatic carbocycles. The van der Waals surface area contributed by atoms with Crippen LogP contribution in [0.3, 0.4) is 0 Å². The zero-order chi connectivity index (χ0) is 23.4. The lowest BCUT2D eigenvalue weighted by Crippen LogP contribution is -2.39. The second-order valence-corrected chi connectivity index (χ2v) is 8.05. The number of carbonyl (C=O) groups is 3. The highest BCUT2D eigenvalue weighted by Crippen LogP contribution is 2.24. The summed E-state index contributed by atoms with van der Waals surface area (Å²) in [6.07, 6.45) is 0. The molecule has 0 aliphatic heterocycles. The maximum absolute atomic E-state index is 13.2. The first-order chi connectivity index (χ1) is 15.9. The summed E-state index contributed by atoms with van der Waals surface area (Å²) in [5.74, 6) is -2.75. The van der Waals surface area contributed by atoms with E-state index in [0.717, 1.165) is 10.0 Å². The summed E-state index contributed by atoms with van der Waals surface area (Å²) in [4.78, 5) is 37.9. The van der Waals surface area contributed by atoms with E-state index in [9.17, 15) is 18.8 Å². The highest BCUT2D eigenvalue weighted by atomic mass is 79.9. The predicted molar refractivity (Wildman–Crippen MR) is 127 cm³/mol. The first kappa shape index (κ1) is 22.2.